The number of hydrogen-bond donors (Lipinski definition) is 3. The van der Waals surface area contributed by atoms with E-state index in [1.54, 1.807) is 19.1 Å². The summed E-state index contributed by atoms with van der Waals surface area (Å²) in [7, 11) is 0. The molecule has 1 fully saturated rings. The predicted molar refractivity (Wildman–Crippen MR) is 110 cm³/mol. The van der Waals surface area contributed by atoms with Crippen molar-refractivity contribution in [1.82, 2.24) is 15.4 Å². The molecule has 1 saturated heterocycles. The first-order valence-corrected chi connectivity index (χ1v) is 9.65. The van der Waals surface area contributed by atoms with E-state index in [2.05, 4.69) is 20.8 Å². The Morgan fingerprint density at radius 1 is 1.31 bits per heavy atom. The van der Waals surface area contributed by atoms with Crippen molar-refractivity contribution in [2.24, 2.45) is 5.92 Å². The highest BCUT2D eigenvalue weighted by atomic mass is 16.5. The second kappa shape index (κ2) is 9.22. The summed E-state index contributed by atoms with van der Waals surface area (Å²) in [6.45, 7) is 5.23. The Morgan fingerprint density at radius 3 is 2.86 bits per heavy atom. The van der Waals surface area contributed by atoms with Gasteiger partial charge >= 0.3 is 5.97 Å². The fourth-order valence-corrected chi connectivity index (χ4v) is 3.37. The van der Waals surface area contributed by atoms with Gasteiger partial charge in [-0.15, -0.1) is 0 Å². The van der Waals surface area contributed by atoms with Crippen LogP contribution in [0.5, 0.6) is 0 Å². The number of anilines is 3. The van der Waals surface area contributed by atoms with Crippen LogP contribution in [-0.2, 0) is 9.53 Å². The second-order valence-corrected chi connectivity index (χ2v) is 6.89. The van der Waals surface area contributed by atoms with Crippen molar-refractivity contribution >= 4 is 29.2 Å². The molecule has 0 aliphatic carbocycles. The number of piperidine rings is 1. The summed E-state index contributed by atoms with van der Waals surface area (Å²) in [5, 5.41) is 0. The Labute approximate surface area is 169 Å². The molecule has 1 unspecified atom stereocenters. The van der Waals surface area contributed by atoms with Crippen molar-refractivity contribution in [3.63, 3.8) is 0 Å². The van der Waals surface area contributed by atoms with E-state index in [9.17, 15) is 9.59 Å². The van der Waals surface area contributed by atoms with Crippen molar-refractivity contribution in [2.75, 3.05) is 35.8 Å². The van der Waals surface area contributed by atoms with Crippen molar-refractivity contribution < 1.29 is 14.3 Å². The number of hydrazine groups is 1. The summed E-state index contributed by atoms with van der Waals surface area (Å²) in [5.74, 6) is 0.128. The SMILES string of the molecule is CCOC(=O)C1CCCN(c2ncnc(NNC(=O)c3ccccc3C)c2N)C1. The molecule has 3 rings (SSSR count). The fourth-order valence-electron chi connectivity index (χ4n) is 3.37. The smallest absolute Gasteiger partial charge is 0.310 e. The number of carbonyl (C=O) groups is 2. The molecule has 1 amide bonds. The number of aromatic nitrogens is 2. The van der Waals surface area contributed by atoms with Crippen molar-refractivity contribution in [2.45, 2.75) is 26.7 Å². The molecule has 2 aromatic rings. The van der Waals surface area contributed by atoms with E-state index in [1.807, 2.05) is 24.0 Å². The molecule has 1 aromatic carbocycles. The minimum Gasteiger partial charge on any atom is -0.466 e. The van der Waals surface area contributed by atoms with Crippen molar-refractivity contribution in [3.05, 3.63) is 41.7 Å². The molecule has 1 aliphatic rings. The Morgan fingerprint density at radius 2 is 2.10 bits per heavy atom. The van der Waals surface area contributed by atoms with Gasteiger partial charge in [0.15, 0.2) is 11.6 Å². The topological polar surface area (TPSA) is 122 Å². The highest BCUT2D eigenvalue weighted by Gasteiger charge is 2.29. The van der Waals surface area contributed by atoms with E-state index < -0.39 is 0 Å². The zero-order valence-corrected chi connectivity index (χ0v) is 16.6. The van der Waals surface area contributed by atoms with Gasteiger partial charge in [-0.1, -0.05) is 18.2 Å². The summed E-state index contributed by atoms with van der Waals surface area (Å²) >= 11 is 0. The van der Waals surface area contributed by atoms with E-state index in [1.165, 1.54) is 6.33 Å². The number of ether oxygens (including phenoxy) is 1. The zero-order chi connectivity index (χ0) is 20.8. The molecule has 1 atom stereocenters. The number of benzene rings is 1. The number of hydrogen-bond acceptors (Lipinski definition) is 8. The minimum absolute atomic E-state index is 0.200. The number of aryl methyl sites for hydroxylation is 1. The highest BCUT2D eigenvalue weighted by molar-refractivity contribution is 5.96. The van der Waals surface area contributed by atoms with E-state index in [0.29, 0.717) is 36.0 Å². The van der Waals surface area contributed by atoms with Crippen molar-refractivity contribution in [1.29, 1.82) is 0 Å². The number of nitrogens with two attached hydrogens (primary N) is 1. The summed E-state index contributed by atoms with van der Waals surface area (Å²) in [4.78, 5) is 34.9. The molecular weight excluding hydrogens is 372 g/mol. The number of esters is 1. The molecule has 1 aliphatic heterocycles. The summed E-state index contributed by atoms with van der Waals surface area (Å²) in [6.07, 6.45) is 2.99. The van der Waals surface area contributed by atoms with Crippen LogP contribution in [0.1, 0.15) is 35.7 Å². The van der Waals surface area contributed by atoms with E-state index in [-0.39, 0.29) is 17.8 Å². The standard InChI is InChI=1S/C20H26N6O3/c1-3-29-20(28)14-8-6-10-26(11-14)18-16(21)17(22-12-23-18)24-25-19(27)15-9-5-4-7-13(15)2/h4-5,7,9,12,14H,3,6,8,10-11,21H2,1-2H3,(H,25,27)(H,22,23,24). The Bertz CT molecular complexity index is 888. The van der Waals surface area contributed by atoms with Gasteiger partial charge in [0.25, 0.3) is 5.91 Å². The largest absolute Gasteiger partial charge is 0.466 e. The lowest BCUT2D eigenvalue weighted by Crippen LogP contribution is -2.40. The van der Waals surface area contributed by atoms with Gasteiger partial charge in [0.05, 0.1) is 12.5 Å². The monoisotopic (exact) mass is 398 g/mol. The maximum absolute atomic E-state index is 12.4. The maximum Gasteiger partial charge on any atom is 0.310 e. The van der Waals surface area contributed by atoms with Crippen LogP contribution >= 0.6 is 0 Å². The fraction of sp³-hybridized carbons (Fsp3) is 0.400. The average molecular weight is 398 g/mol. The van der Waals surface area contributed by atoms with Crippen LogP contribution in [0, 0.1) is 12.8 Å². The first kappa shape index (κ1) is 20.4. The van der Waals surface area contributed by atoms with Gasteiger partial charge in [0.1, 0.15) is 12.0 Å². The zero-order valence-electron chi connectivity index (χ0n) is 16.6. The maximum atomic E-state index is 12.4. The molecule has 9 heteroatoms. The van der Waals surface area contributed by atoms with E-state index >= 15 is 0 Å². The molecule has 0 spiro atoms. The minimum atomic E-state index is -0.289. The molecule has 0 bridgehead atoms. The first-order chi connectivity index (χ1) is 14.0. The lowest BCUT2D eigenvalue weighted by Gasteiger charge is -2.33. The molecule has 2 heterocycles. The van der Waals surface area contributed by atoms with E-state index in [4.69, 9.17) is 10.5 Å². The quantitative estimate of drug-likeness (QED) is 0.498. The van der Waals surface area contributed by atoms with Gasteiger partial charge < -0.3 is 15.4 Å². The number of nitrogen functional groups attached to an aromatic ring is 1. The molecule has 29 heavy (non-hydrogen) atoms. The Balaban J connectivity index is 1.70. The van der Waals surface area contributed by atoms with Gasteiger partial charge in [-0.3, -0.25) is 20.4 Å². The highest BCUT2D eigenvalue weighted by Crippen LogP contribution is 2.29. The molecule has 9 nitrogen and oxygen atoms in total. The third-order valence-electron chi connectivity index (χ3n) is 4.89. The van der Waals surface area contributed by atoms with Gasteiger partial charge in [-0.25, -0.2) is 9.97 Å². The third-order valence-corrected chi connectivity index (χ3v) is 4.89. The lowest BCUT2D eigenvalue weighted by molar-refractivity contribution is -0.148. The molecule has 0 radical (unpaired) electrons. The van der Waals surface area contributed by atoms with Crippen LogP contribution in [0.2, 0.25) is 0 Å². The van der Waals surface area contributed by atoms with Crippen LogP contribution in [-0.4, -0.2) is 41.5 Å². The molecular formula is C20H26N6O3. The van der Waals surface area contributed by atoms with Crippen LogP contribution in [0.15, 0.2) is 30.6 Å². The van der Waals surface area contributed by atoms with Gasteiger partial charge in [-0.2, -0.15) is 0 Å². The molecule has 154 valence electrons. The lowest BCUT2D eigenvalue weighted by atomic mass is 9.98. The van der Waals surface area contributed by atoms with Gasteiger partial charge in [-0.05, 0) is 38.3 Å². The van der Waals surface area contributed by atoms with Crippen LogP contribution in [0.25, 0.3) is 0 Å². The first-order valence-electron chi connectivity index (χ1n) is 9.65. The summed E-state index contributed by atoms with van der Waals surface area (Å²) in [5.41, 5.74) is 13.4. The number of carbonyl (C=O) groups excluding carboxylic acids is 2. The van der Waals surface area contributed by atoms with Crippen molar-refractivity contribution in [3.8, 4) is 0 Å². The third kappa shape index (κ3) is 4.74. The predicted octanol–water partition coefficient (Wildman–Crippen LogP) is 1.90. The van der Waals surface area contributed by atoms with Crippen LogP contribution in [0.3, 0.4) is 0 Å². The van der Waals surface area contributed by atoms with Gasteiger partial charge in [0.2, 0.25) is 0 Å². The number of nitrogens with zero attached hydrogens (tertiary/aromatic N) is 3. The Hall–Kier alpha value is -3.36. The summed E-state index contributed by atoms with van der Waals surface area (Å²) < 4.78 is 5.15. The number of rotatable bonds is 6. The molecule has 1 aromatic heterocycles. The summed E-state index contributed by atoms with van der Waals surface area (Å²) in [6, 6.07) is 7.28. The number of amides is 1. The molecule has 4 N–H and O–H groups in total. The Kier molecular flexibility index (Phi) is 6.48. The van der Waals surface area contributed by atoms with Crippen LogP contribution < -0.4 is 21.5 Å². The van der Waals surface area contributed by atoms with Gasteiger partial charge in [0, 0.05) is 18.7 Å². The average Bonchev–Trinajstić information content (AvgIpc) is 2.73. The normalized spacial score (nSPS) is 16.2. The number of nitrogens with one attached hydrogen (secondary N) is 2. The van der Waals surface area contributed by atoms with Crippen LogP contribution in [0.4, 0.5) is 17.3 Å². The second-order valence-electron chi connectivity index (χ2n) is 6.89. The molecule has 0 saturated carbocycles. The van der Waals surface area contributed by atoms with E-state index in [0.717, 1.165) is 24.9 Å².